The van der Waals surface area contributed by atoms with Gasteiger partial charge in [-0.05, 0) is 37.5 Å². The number of ether oxygens (including phenoxy) is 1. The van der Waals surface area contributed by atoms with Gasteiger partial charge in [-0.1, -0.05) is 30.3 Å². The van der Waals surface area contributed by atoms with Crippen LogP contribution in [0.25, 0.3) is 0 Å². The molecule has 0 aromatic heterocycles. The second-order valence-electron chi connectivity index (χ2n) is 7.30. The van der Waals surface area contributed by atoms with Gasteiger partial charge in [-0.15, -0.1) is 0 Å². The van der Waals surface area contributed by atoms with E-state index in [0.717, 1.165) is 18.3 Å². The maximum absolute atomic E-state index is 12.4. The number of carbonyl (C=O) groups is 2. The molecule has 2 aromatic rings. The molecule has 184 valence electrons. The summed E-state index contributed by atoms with van der Waals surface area (Å²) < 4.78 is 43.0. The van der Waals surface area contributed by atoms with Gasteiger partial charge in [0.25, 0.3) is 11.6 Å². The van der Waals surface area contributed by atoms with Crippen LogP contribution >= 0.6 is 0 Å². The van der Waals surface area contributed by atoms with E-state index in [-0.39, 0.29) is 11.6 Å². The van der Waals surface area contributed by atoms with E-state index in [9.17, 15) is 22.8 Å². The van der Waals surface area contributed by atoms with E-state index in [1.165, 1.54) is 17.1 Å². The van der Waals surface area contributed by atoms with Crippen molar-refractivity contribution >= 4 is 17.5 Å². The van der Waals surface area contributed by atoms with Gasteiger partial charge in [-0.3, -0.25) is 14.9 Å². The highest BCUT2D eigenvalue weighted by molar-refractivity contribution is 5.95. The lowest BCUT2D eigenvalue weighted by Gasteiger charge is -2.11. The Kier molecular flexibility index (Phi) is 10.5. The van der Waals surface area contributed by atoms with E-state index in [4.69, 9.17) is 10.6 Å². The number of benzene rings is 2. The van der Waals surface area contributed by atoms with Crippen LogP contribution in [0, 0.1) is 0 Å². The molecular weight excluding hydrogens is 451 g/mol. The number of hydrogen-bond donors (Lipinski definition) is 5. The standard InChI is InChI=1S/C23H28F3N5O3/c1-2-28-21(32)17-10-11-18(29-14-19(31-27)22(33)30-15-23(24,25)26)20(13-17)34-12-6-9-16-7-4-3-5-8-16/h3-5,7-8,10-11,13-14,29,31H,2,6,9,12,15,27H2,1H3,(H,28,32)(H,30,33)/p+2. The zero-order valence-corrected chi connectivity index (χ0v) is 18.8. The third kappa shape index (κ3) is 9.22. The van der Waals surface area contributed by atoms with E-state index in [2.05, 4.69) is 5.32 Å². The summed E-state index contributed by atoms with van der Waals surface area (Å²) in [5, 5.41) is 5.99. The fourth-order valence-corrected chi connectivity index (χ4v) is 2.97. The van der Waals surface area contributed by atoms with Gasteiger partial charge in [0.15, 0.2) is 17.6 Å². The van der Waals surface area contributed by atoms with E-state index in [1.54, 1.807) is 30.4 Å². The van der Waals surface area contributed by atoms with Crippen molar-refractivity contribution in [3.8, 4) is 5.75 Å². The molecule has 0 aliphatic carbocycles. The van der Waals surface area contributed by atoms with Gasteiger partial charge in [-0.2, -0.15) is 19.0 Å². The van der Waals surface area contributed by atoms with E-state index in [1.807, 2.05) is 30.3 Å². The number of halogens is 3. The maximum atomic E-state index is 12.4. The predicted octanol–water partition coefficient (Wildman–Crippen LogP) is 0.600. The van der Waals surface area contributed by atoms with E-state index in [0.29, 0.717) is 30.2 Å². The zero-order chi connectivity index (χ0) is 25.0. The van der Waals surface area contributed by atoms with Crippen LogP contribution in [0.2, 0.25) is 0 Å². The molecule has 0 aliphatic heterocycles. The Morgan fingerprint density at radius 1 is 1.12 bits per heavy atom. The van der Waals surface area contributed by atoms with Crippen molar-refractivity contribution in [2.24, 2.45) is 5.84 Å². The van der Waals surface area contributed by atoms with Gasteiger partial charge in [-0.25, -0.2) is 5.43 Å². The third-order valence-corrected chi connectivity index (χ3v) is 4.66. The molecule has 0 radical (unpaired) electrons. The molecule has 0 bridgehead atoms. The summed E-state index contributed by atoms with van der Waals surface area (Å²) in [6.45, 7) is 1.18. The first-order valence-electron chi connectivity index (χ1n) is 10.8. The van der Waals surface area contributed by atoms with Crippen molar-refractivity contribution in [3.05, 3.63) is 71.6 Å². The lowest BCUT2D eigenvalue weighted by molar-refractivity contribution is -0.624. The van der Waals surface area contributed by atoms with Crippen LogP contribution < -0.4 is 32.0 Å². The van der Waals surface area contributed by atoms with Gasteiger partial charge in [0, 0.05) is 18.2 Å². The van der Waals surface area contributed by atoms with Gasteiger partial charge in [0.1, 0.15) is 6.54 Å². The Labute approximate surface area is 195 Å². The van der Waals surface area contributed by atoms with E-state index >= 15 is 0 Å². The van der Waals surface area contributed by atoms with Crippen LogP contribution in [-0.2, 0) is 11.2 Å². The minimum absolute atomic E-state index is 0.146. The topological polar surface area (TPSA) is 127 Å². The molecule has 0 saturated carbocycles. The highest BCUT2D eigenvalue weighted by Gasteiger charge is 2.29. The van der Waals surface area contributed by atoms with Crippen LogP contribution in [0.4, 0.5) is 18.9 Å². The van der Waals surface area contributed by atoms with Crippen molar-refractivity contribution < 1.29 is 38.2 Å². The van der Waals surface area contributed by atoms with Crippen LogP contribution in [0.5, 0.6) is 5.75 Å². The first kappa shape index (κ1) is 26.8. The fraction of sp³-hybridized carbons (Fsp3) is 0.304. The summed E-state index contributed by atoms with van der Waals surface area (Å²) >= 11 is 0. The van der Waals surface area contributed by atoms with Gasteiger partial charge < -0.3 is 15.4 Å². The Morgan fingerprint density at radius 2 is 1.85 bits per heavy atom. The van der Waals surface area contributed by atoms with Crippen molar-refractivity contribution in [1.29, 1.82) is 0 Å². The molecule has 8 nitrogen and oxygen atoms in total. The number of quaternary nitrogens is 2. The highest BCUT2D eigenvalue weighted by Crippen LogP contribution is 2.22. The second kappa shape index (κ2) is 13.3. The smallest absolute Gasteiger partial charge is 0.405 e. The third-order valence-electron chi connectivity index (χ3n) is 4.66. The number of hydrogen-bond acceptors (Lipinski definition) is 4. The van der Waals surface area contributed by atoms with Crippen LogP contribution in [0.1, 0.15) is 29.3 Å². The first-order valence-corrected chi connectivity index (χ1v) is 10.8. The number of carbonyl (C=O) groups excluding carboxylic acids is 2. The summed E-state index contributed by atoms with van der Waals surface area (Å²) in [4.78, 5) is 24.2. The summed E-state index contributed by atoms with van der Waals surface area (Å²) in [6.07, 6.45) is -1.70. The summed E-state index contributed by atoms with van der Waals surface area (Å²) in [7, 11) is 0. The molecule has 11 heteroatoms. The largest absolute Gasteiger partial charge is 0.487 e. The monoisotopic (exact) mass is 481 g/mol. The molecular formula is C23H30F3N5O3+2. The van der Waals surface area contributed by atoms with Crippen LogP contribution in [0.15, 0.2) is 60.4 Å². The molecule has 0 heterocycles. The Balaban J connectivity index is 2.12. The number of alkyl halides is 3. The average Bonchev–Trinajstić information content (AvgIpc) is 2.81. The predicted molar refractivity (Wildman–Crippen MR) is 120 cm³/mol. The minimum atomic E-state index is -4.53. The molecule has 34 heavy (non-hydrogen) atoms. The van der Waals surface area contributed by atoms with Gasteiger partial charge >= 0.3 is 12.1 Å². The molecule has 8 N–H and O–H groups in total. The van der Waals surface area contributed by atoms with Crippen molar-refractivity contribution in [1.82, 2.24) is 10.6 Å². The summed E-state index contributed by atoms with van der Waals surface area (Å²) in [6, 6.07) is 14.7. The number of aryl methyl sites for hydroxylation is 1. The summed E-state index contributed by atoms with van der Waals surface area (Å²) in [5.74, 6) is 4.61. The Morgan fingerprint density at radius 3 is 2.50 bits per heavy atom. The first-order chi connectivity index (χ1) is 16.2. The van der Waals surface area contributed by atoms with Crippen molar-refractivity contribution in [2.45, 2.75) is 25.9 Å². The average molecular weight is 482 g/mol. The molecule has 0 unspecified atom stereocenters. The molecule has 2 aromatic carbocycles. The quantitative estimate of drug-likeness (QED) is 0.100. The lowest BCUT2D eigenvalue weighted by atomic mass is 10.1. The number of nitrogens with two attached hydrogens (primary N) is 3. The number of amides is 2. The highest BCUT2D eigenvalue weighted by atomic mass is 19.4. The van der Waals surface area contributed by atoms with Crippen molar-refractivity contribution in [3.63, 3.8) is 0 Å². The zero-order valence-electron chi connectivity index (χ0n) is 18.8. The van der Waals surface area contributed by atoms with Gasteiger partial charge in [0.2, 0.25) is 0 Å². The number of rotatable bonds is 12. The molecule has 0 spiro atoms. The molecule has 0 fully saturated rings. The Bertz CT molecular complexity index is 982. The van der Waals surface area contributed by atoms with E-state index < -0.39 is 18.6 Å². The number of nitrogens with one attached hydrogen (secondary N) is 2. The van der Waals surface area contributed by atoms with Gasteiger partial charge in [0.05, 0.1) is 6.61 Å². The molecule has 0 aliphatic rings. The maximum Gasteiger partial charge on any atom is 0.405 e. The minimum Gasteiger partial charge on any atom is -0.487 e. The second-order valence-corrected chi connectivity index (χ2v) is 7.30. The molecule has 2 rings (SSSR count). The van der Waals surface area contributed by atoms with Crippen molar-refractivity contribution in [2.75, 3.05) is 19.7 Å². The SMILES string of the molecule is CCNC(=O)c1ccc([NH2+]C=C([NH2+]N)C(=O)NCC(F)(F)F)c(OCCCc2ccccc2)c1. The van der Waals surface area contributed by atoms with Crippen LogP contribution in [0.3, 0.4) is 0 Å². The lowest BCUT2D eigenvalue weighted by Crippen LogP contribution is -2.92. The van der Waals surface area contributed by atoms with Crippen LogP contribution in [-0.4, -0.2) is 37.7 Å². The Hall–Kier alpha value is -3.41. The normalized spacial score (nSPS) is 11.7. The molecule has 0 atom stereocenters. The fourth-order valence-electron chi connectivity index (χ4n) is 2.97. The molecule has 0 saturated heterocycles. The molecule has 2 amide bonds. The summed E-state index contributed by atoms with van der Waals surface area (Å²) in [5.41, 5.74) is 2.88.